The molecule has 6 N–H and O–H groups in total. The molecule has 10 nitrogen and oxygen atoms in total. The molecule has 0 bridgehead atoms. The van der Waals surface area contributed by atoms with Crippen molar-refractivity contribution in [2.45, 2.75) is 44.6 Å². The van der Waals surface area contributed by atoms with Crippen LogP contribution in [0.5, 0.6) is 0 Å². The second-order valence-electron chi connectivity index (χ2n) is 9.69. The number of aliphatic hydroxyl groups excluding tert-OH is 3. The van der Waals surface area contributed by atoms with Crippen LogP contribution in [-0.4, -0.2) is 54.7 Å². The Morgan fingerprint density at radius 3 is 2.65 bits per heavy atom. The summed E-state index contributed by atoms with van der Waals surface area (Å²) in [7, 11) is 0. The molecule has 5 rings (SSSR count). The summed E-state index contributed by atoms with van der Waals surface area (Å²) in [5.74, 6) is 0.380. The second-order valence-corrected chi connectivity index (χ2v) is 9.69. The first-order chi connectivity index (χ1) is 17.8. The van der Waals surface area contributed by atoms with Crippen molar-refractivity contribution in [3.05, 3.63) is 71.3 Å². The number of nitrogens with one attached hydrogen (secondary N) is 3. The number of aromatic amines is 1. The number of nitrogens with zero attached hydrogens (tertiary/aromatic N) is 3. The van der Waals surface area contributed by atoms with Crippen molar-refractivity contribution in [2.24, 2.45) is 5.92 Å². The van der Waals surface area contributed by atoms with Gasteiger partial charge in [-0.2, -0.15) is 0 Å². The van der Waals surface area contributed by atoms with Crippen molar-refractivity contribution in [1.29, 1.82) is 0 Å². The molecule has 1 aliphatic rings. The lowest BCUT2D eigenvalue weighted by atomic mass is 10.1. The second kappa shape index (κ2) is 10.3. The highest BCUT2D eigenvalue weighted by atomic mass is 16.3. The molecule has 0 spiro atoms. The van der Waals surface area contributed by atoms with Gasteiger partial charge < -0.3 is 25.2 Å². The Morgan fingerprint density at radius 1 is 1.11 bits per heavy atom. The topological polar surface area (TPSA) is 147 Å². The fourth-order valence-electron chi connectivity index (χ4n) is 4.75. The molecule has 37 heavy (non-hydrogen) atoms. The molecule has 0 amide bonds. The van der Waals surface area contributed by atoms with Crippen LogP contribution in [0.25, 0.3) is 22.2 Å². The van der Waals surface area contributed by atoms with E-state index in [1.807, 2.05) is 50.2 Å². The van der Waals surface area contributed by atoms with Gasteiger partial charge in [-0.1, -0.05) is 29.2 Å². The lowest BCUT2D eigenvalue weighted by molar-refractivity contribution is -0.363. The Hall–Kier alpha value is -3.86. The molecule has 0 aliphatic heterocycles. The highest BCUT2D eigenvalue weighted by Crippen LogP contribution is 2.32. The standard InChI is InChI=1S/C27H30N6O4/c1-15(2)33-10-9-18(12-23(33)35)29-27-28-13-19(21-8-7-16-5-3-4-6-20(16)30-21)26(32-27)31-22-11-17(14-34)24(36)25(22)37/h3-10,12-13,15,17,22,24-25,34,36-37H,11,14H2,1-2H3,(H2,28,29,31,32)/p+1/t17-,22-,24-,25+/m1/s1. The molecule has 10 heteroatoms. The maximum absolute atomic E-state index is 12.4. The van der Waals surface area contributed by atoms with Gasteiger partial charge in [0.1, 0.15) is 11.8 Å². The predicted octanol–water partition coefficient (Wildman–Crippen LogP) is 2.11. The van der Waals surface area contributed by atoms with Crippen LogP contribution in [-0.2, 0) is 0 Å². The molecule has 1 fully saturated rings. The summed E-state index contributed by atoms with van der Waals surface area (Å²) in [5, 5.41) is 37.9. The Balaban J connectivity index is 1.51. The van der Waals surface area contributed by atoms with E-state index in [4.69, 9.17) is 9.97 Å². The number of anilines is 3. The van der Waals surface area contributed by atoms with Gasteiger partial charge in [-0.05, 0) is 38.5 Å². The van der Waals surface area contributed by atoms with Crippen LogP contribution in [0, 0.1) is 5.92 Å². The van der Waals surface area contributed by atoms with E-state index in [1.54, 1.807) is 23.0 Å². The lowest BCUT2D eigenvalue weighted by Crippen LogP contribution is -2.36. The first kappa shape index (κ1) is 24.8. The van der Waals surface area contributed by atoms with Crippen molar-refractivity contribution < 1.29 is 20.3 Å². The zero-order valence-corrected chi connectivity index (χ0v) is 20.7. The number of hydrogen-bond acceptors (Lipinski definition) is 8. The Labute approximate surface area is 213 Å². The summed E-state index contributed by atoms with van der Waals surface area (Å²) >= 11 is 0. The van der Waals surface area contributed by atoms with Crippen molar-refractivity contribution in [1.82, 2.24) is 14.5 Å². The zero-order valence-electron chi connectivity index (χ0n) is 20.7. The summed E-state index contributed by atoms with van der Waals surface area (Å²) in [5.41, 5.74) is 2.61. The number of para-hydroxylation sites is 1. The summed E-state index contributed by atoms with van der Waals surface area (Å²) in [6, 6.07) is 14.5. The van der Waals surface area contributed by atoms with E-state index < -0.39 is 24.2 Å². The maximum atomic E-state index is 12.4. The SMILES string of the molecule is CC(C)n1ccc(Nc2nc(N[C@@H]3C[C@H](CO)[C@@H](O)[C@H]3O)c(-c3ccc4ccccc4n3)c[nH+]2)cc1=O. The third-order valence-corrected chi connectivity index (χ3v) is 6.83. The molecule has 4 atom stereocenters. The van der Waals surface area contributed by atoms with Crippen LogP contribution in [0.4, 0.5) is 17.5 Å². The van der Waals surface area contributed by atoms with Gasteiger partial charge in [-0.3, -0.25) is 4.79 Å². The highest BCUT2D eigenvalue weighted by Gasteiger charge is 2.42. The van der Waals surface area contributed by atoms with E-state index in [-0.39, 0.29) is 18.2 Å². The normalized spacial score (nSPS) is 21.5. The number of aliphatic hydroxyl groups is 3. The molecule has 0 unspecified atom stereocenters. The maximum Gasteiger partial charge on any atom is 0.396 e. The minimum absolute atomic E-state index is 0.0479. The van der Waals surface area contributed by atoms with Crippen molar-refractivity contribution >= 4 is 28.4 Å². The van der Waals surface area contributed by atoms with Gasteiger partial charge in [0.05, 0.1) is 35.1 Å². The van der Waals surface area contributed by atoms with E-state index in [0.717, 1.165) is 10.9 Å². The van der Waals surface area contributed by atoms with Crippen molar-refractivity contribution in [3.63, 3.8) is 0 Å². The average Bonchev–Trinajstić information content (AvgIpc) is 3.16. The van der Waals surface area contributed by atoms with Crippen LogP contribution in [0.3, 0.4) is 0 Å². The third-order valence-electron chi connectivity index (χ3n) is 6.83. The first-order valence-electron chi connectivity index (χ1n) is 12.4. The zero-order chi connectivity index (χ0) is 26.1. The molecule has 1 aliphatic carbocycles. The van der Waals surface area contributed by atoms with E-state index in [1.165, 1.54) is 6.07 Å². The van der Waals surface area contributed by atoms with Crippen LogP contribution in [0.1, 0.15) is 26.3 Å². The monoisotopic (exact) mass is 503 g/mol. The lowest BCUT2D eigenvalue weighted by Gasteiger charge is -2.18. The number of hydrogen-bond donors (Lipinski definition) is 5. The van der Waals surface area contributed by atoms with Gasteiger partial charge >= 0.3 is 5.95 Å². The van der Waals surface area contributed by atoms with Crippen LogP contribution in [0.2, 0.25) is 0 Å². The fourth-order valence-corrected chi connectivity index (χ4v) is 4.75. The van der Waals surface area contributed by atoms with Gasteiger partial charge in [0.2, 0.25) is 5.82 Å². The summed E-state index contributed by atoms with van der Waals surface area (Å²) < 4.78 is 1.63. The molecule has 1 saturated carbocycles. The summed E-state index contributed by atoms with van der Waals surface area (Å²) in [6.45, 7) is 3.66. The van der Waals surface area contributed by atoms with E-state index in [0.29, 0.717) is 35.1 Å². The molecule has 4 aromatic rings. The van der Waals surface area contributed by atoms with E-state index in [2.05, 4.69) is 15.6 Å². The highest BCUT2D eigenvalue weighted by molar-refractivity contribution is 5.83. The van der Waals surface area contributed by atoms with Crippen molar-refractivity contribution in [2.75, 3.05) is 17.2 Å². The van der Waals surface area contributed by atoms with Crippen LogP contribution >= 0.6 is 0 Å². The Bertz CT molecular complexity index is 1470. The Kier molecular flexibility index (Phi) is 6.88. The predicted molar refractivity (Wildman–Crippen MR) is 141 cm³/mol. The largest absolute Gasteiger partial charge is 0.396 e. The molecule has 0 radical (unpaired) electrons. The minimum Gasteiger partial charge on any atom is -0.396 e. The molecule has 192 valence electrons. The molecule has 0 saturated heterocycles. The number of benzene rings is 1. The van der Waals surface area contributed by atoms with Gasteiger partial charge in [-0.15, -0.1) is 0 Å². The van der Waals surface area contributed by atoms with Crippen LogP contribution < -0.4 is 21.2 Å². The van der Waals surface area contributed by atoms with E-state index >= 15 is 0 Å². The smallest absolute Gasteiger partial charge is 0.396 e. The summed E-state index contributed by atoms with van der Waals surface area (Å²) in [4.78, 5) is 25.1. The first-order valence-corrected chi connectivity index (χ1v) is 12.4. The Morgan fingerprint density at radius 2 is 1.92 bits per heavy atom. The minimum atomic E-state index is -1.07. The number of rotatable bonds is 7. The fraction of sp³-hybridized carbons (Fsp3) is 0.333. The van der Waals surface area contributed by atoms with E-state index in [9.17, 15) is 20.1 Å². The molecule has 3 aromatic heterocycles. The molecule has 1 aromatic carbocycles. The van der Waals surface area contributed by atoms with Gasteiger partial charge in [0.25, 0.3) is 5.56 Å². The van der Waals surface area contributed by atoms with Gasteiger partial charge in [-0.25, -0.2) is 15.3 Å². The summed E-state index contributed by atoms with van der Waals surface area (Å²) in [6.07, 6.45) is 1.75. The molecular formula is C27H31N6O4+. The number of H-pyrrole nitrogens is 1. The number of fused-ring (bicyclic) bond motifs is 1. The van der Waals surface area contributed by atoms with Crippen LogP contribution in [0.15, 0.2) is 65.7 Å². The molecule has 3 heterocycles. The number of aromatic nitrogens is 4. The average molecular weight is 504 g/mol. The third kappa shape index (κ3) is 5.04. The van der Waals surface area contributed by atoms with Crippen molar-refractivity contribution in [3.8, 4) is 11.3 Å². The number of pyridine rings is 2. The van der Waals surface area contributed by atoms with Gasteiger partial charge in [0, 0.05) is 36.2 Å². The molecular weight excluding hydrogens is 472 g/mol. The van der Waals surface area contributed by atoms with Gasteiger partial charge in [0.15, 0.2) is 0 Å². The quantitative estimate of drug-likeness (QED) is 0.258.